The largest absolute Gasteiger partial charge is 0.354 e. The van der Waals surface area contributed by atoms with Gasteiger partial charge < -0.3 is 10.2 Å². The van der Waals surface area contributed by atoms with Gasteiger partial charge in [0.25, 0.3) is 0 Å². The molecule has 7 nitrogen and oxygen atoms in total. The van der Waals surface area contributed by atoms with Crippen LogP contribution in [0.1, 0.15) is 26.3 Å². The highest BCUT2D eigenvalue weighted by Crippen LogP contribution is 2.33. The average molecular weight is 514 g/mol. The van der Waals surface area contributed by atoms with Crippen LogP contribution < -0.4 is 9.62 Å². The van der Waals surface area contributed by atoms with Crippen molar-refractivity contribution in [2.75, 3.05) is 23.7 Å². The number of hydrogen-bond donors (Lipinski definition) is 1. The van der Waals surface area contributed by atoms with Crippen LogP contribution in [0.4, 0.5) is 5.69 Å². The Bertz CT molecular complexity index is 1080. The molecule has 1 N–H and O–H groups in total. The molecule has 2 aromatic carbocycles. The van der Waals surface area contributed by atoms with E-state index in [2.05, 4.69) is 5.32 Å². The van der Waals surface area contributed by atoms with Crippen molar-refractivity contribution >= 4 is 50.7 Å². The lowest BCUT2D eigenvalue weighted by molar-refractivity contribution is -0.139. The molecule has 0 aliphatic carbocycles. The lowest BCUT2D eigenvalue weighted by Gasteiger charge is -2.32. The van der Waals surface area contributed by atoms with Gasteiger partial charge in [-0.15, -0.1) is 0 Å². The van der Waals surface area contributed by atoms with Crippen LogP contribution in [0.5, 0.6) is 0 Å². The summed E-state index contributed by atoms with van der Waals surface area (Å²) in [6.45, 7) is 5.62. The second kappa shape index (κ2) is 11.7. The summed E-state index contributed by atoms with van der Waals surface area (Å²) in [6, 6.07) is 12.9. The van der Waals surface area contributed by atoms with Crippen LogP contribution in [0, 0.1) is 5.92 Å². The Kier molecular flexibility index (Phi) is 9.57. The molecular formula is C23H29Cl2N3O4S. The Hall–Kier alpha value is -2.29. The minimum absolute atomic E-state index is 0.0229. The summed E-state index contributed by atoms with van der Waals surface area (Å²) in [7, 11) is -3.88. The van der Waals surface area contributed by atoms with E-state index in [1.807, 2.05) is 44.2 Å². The number of sulfonamides is 1. The highest BCUT2D eigenvalue weighted by Gasteiger charge is 2.31. The molecule has 2 rings (SSSR count). The molecule has 180 valence electrons. The number of nitrogens with zero attached hydrogens (tertiary/aromatic N) is 2. The van der Waals surface area contributed by atoms with Crippen molar-refractivity contribution in [1.82, 2.24) is 10.2 Å². The van der Waals surface area contributed by atoms with Gasteiger partial charge in [-0.25, -0.2) is 8.42 Å². The van der Waals surface area contributed by atoms with E-state index in [4.69, 9.17) is 23.2 Å². The van der Waals surface area contributed by atoms with Crippen molar-refractivity contribution < 1.29 is 18.0 Å². The summed E-state index contributed by atoms with van der Waals surface area (Å²) in [5, 5.41) is 3.02. The summed E-state index contributed by atoms with van der Waals surface area (Å²) >= 11 is 12.3. The normalized spacial score (nSPS) is 12.3. The second-order valence-electron chi connectivity index (χ2n) is 8.16. The number of rotatable bonds is 10. The maximum atomic E-state index is 13.4. The Morgan fingerprint density at radius 1 is 1.00 bits per heavy atom. The molecule has 0 aliphatic heterocycles. The molecule has 0 saturated carbocycles. The Balaban J connectivity index is 2.38. The van der Waals surface area contributed by atoms with E-state index in [0.29, 0.717) is 6.54 Å². The summed E-state index contributed by atoms with van der Waals surface area (Å²) < 4.78 is 26.0. The summed E-state index contributed by atoms with van der Waals surface area (Å²) in [5.41, 5.74) is 0.901. The van der Waals surface area contributed by atoms with Gasteiger partial charge in [-0.3, -0.25) is 13.9 Å². The highest BCUT2D eigenvalue weighted by molar-refractivity contribution is 7.92. The number of anilines is 1. The number of carbonyl (C=O) groups excluding carboxylic acids is 2. The zero-order valence-corrected chi connectivity index (χ0v) is 21.4. The minimum atomic E-state index is -3.88. The van der Waals surface area contributed by atoms with Crippen molar-refractivity contribution in [1.29, 1.82) is 0 Å². The Morgan fingerprint density at radius 2 is 1.64 bits per heavy atom. The first-order valence-corrected chi connectivity index (χ1v) is 13.0. The zero-order valence-electron chi connectivity index (χ0n) is 19.1. The van der Waals surface area contributed by atoms with Gasteiger partial charge in [-0.2, -0.15) is 0 Å². The first-order valence-electron chi connectivity index (χ1n) is 10.4. The number of amides is 2. The molecule has 33 heavy (non-hydrogen) atoms. The van der Waals surface area contributed by atoms with Crippen LogP contribution in [0.25, 0.3) is 0 Å². The fourth-order valence-corrected chi connectivity index (χ4v) is 4.40. The second-order valence-corrected chi connectivity index (χ2v) is 10.9. The summed E-state index contributed by atoms with van der Waals surface area (Å²) in [4.78, 5) is 27.5. The standard InChI is InChI=1S/C23H29Cl2N3O4S/c1-16(2)13-26-23(30)17(3)27(14-18-9-6-5-7-10-18)21(29)15-28(33(4,31)32)20-12-8-11-19(24)22(20)25/h5-12,16-17H,13-15H2,1-4H3,(H,26,30)/t17-/m1/s1. The Labute approximate surface area is 205 Å². The van der Waals surface area contributed by atoms with Gasteiger partial charge >= 0.3 is 0 Å². The molecule has 0 spiro atoms. The third-order valence-electron chi connectivity index (χ3n) is 4.93. The number of benzene rings is 2. The quantitative estimate of drug-likeness (QED) is 0.520. The molecule has 0 saturated heterocycles. The van der Waals surface area contributed by atoms with Crippen LogP contribution >= 0.6 is 23.2 Å². The fraction of sp³-hybridized carbons (Fsp3) is 0.391. The van der Waals surface area contributed by atoms with Crippen LogP contribution in [0.2, 0.25) is 10.0 Å². The van der Waals surface area contributed by atoms with Gasteiger partial charge in [0.2, 0.25) is 21.8 Å². The molecule has 2 amide bonds. The average Bonchev–Trinajstić information content (AvgIpc) is 2.75. The van der Waals surface area contributed by atoms with E-state index >= 15 is 0 Å². The molecule has 1 atom stereocenters. The third kappa shape index (κ3) is 7.62. The minimum Gasteiger partial charge on any atom is -0.354 e. The number of nitrogens with one attached hydrogen (secondary N) is 1. The van der Waals surface area contributed by atoms with Crippen molar-refractivity contribution in [2.45, 2.75) is 33.4 Å². The molecular weight excluding hydrogens is 485 g/mol. The molecule has 0 heterocycles. The predicted molar refractivity (Wildman–Crippen MR) is 133 cm³/mol. The van der Waals surface area contributed by atoms with E-state index in [1.165, 1.54) is 17.0 Å². The first kappa shape index (κ1) is 27.0. The summed E-state index contributed by atoms with van der Waals surface area (Å²) in [6.07, 6.45) is 0.984. The van der Waals surface area contributed by atoms with E-state index in [1.54, 1.807) is 13.0 Å². The first-order chi connectivity index (χ1) is 15.4. The van der Waals surface area contributed by atoms with Gasteiger partial charge in [0.05, 0.1) is 22.0 Å². The molecule has 0 unspecified atom stereocenters. The number of halogens is 2. The number of hydrogen-bond acceptors (Lipinski definition) is 4. The molecule has 0 aliphatic rings. The van der Waals surface area contributed by atoms with Crippen molar-refractivity contribution in [3.8, 4) is 0 Å². The molecule has 0 radical (unpaired) electrons. The number of carbonyl (C=O) groups is 2. The monoisotopic (exact) mass is 513 g/mol. The third-order valence-corrected chi connectivity index (χ3v) is 6.86. The predicted octanol–water partition coefficient (Wildman–Crippen LogP) is 3.95. The summed E-state index contributed by atoms with van der Waals surface area (Å²) in [5.74, 6) is -0.627. The van der Waals surface area contributed by atoms with E-state index in [-0.39, 0.29) is 34.1 Å². The van der Waals surface area contributed by atoms with Crippen LogP contribution in [-0.4, -0.2) is 50.5 Å². The van der Waals surface area contributed by atoms with E-state index in [0.717, 1.165) is 16.1 Å². The molecule has 10 heteroatoms. The lowest BCUT2D eigenvalue weighted by atomic mass is 10.1. The van der Waals surface area contributed by atoms with Gasteiger partial charge in [-0.1, -0.05) is 73.4 Å². The maximum Gasteiger partial charge on any atom is 0.244 e. The topological polar surface area (TPSA) is 86.8 Å². The maximum absolute atomic E-state index is 13.4. The SMILES string of the molecule is CC(C)CNC(=O)[C@@H](C)N(Cc1ccccc1)C(=O)CN(c1cccc(Cl)c1Cl)S(C)(=O)=O. The lowest BCUT2D eigenvalue weighted by Crippen LogP contribution is -2.51. The Morgan fingerprint density at radius 3 is 2.21 bits per heavy atom. The van der Waals surface area contributed by atoms with Crippen molar-refractivity contribution in [2.24, 2.45) is 5.92 Å². The highest BCUT2D eigenvalue weighted by atomic mass is 35.5. The van der Waals surface area contributed by atoms with Gasteiger partial charge in [-0.05, 0) is 30.5 Å². The van der Waals surface area contributed by atoms with Crippen LogP contribution in [0.15, 0.2) is 48.5 Å². The van der Waals surface area contributed by atoms with Crippen molar-refractivity contribution in [3.63, 3.8) is 0 Å². The van der Waals surface area contributed by atoms with Gasteiger partial charge in [0, 0.05) is 13.1 Å². The van der Waals surface area contributed by atoms with Crippen LogP contribution in [0.3, 0.4) is 0 Å². The smallest absolute Gasteiger partial charge is 0.244 e. The van der Waals surface area contributed by atoms with Gasteiger partial charge in [0.1, 0.15) is 12.6 Å². The van der Waals surface area contributed by atoms with E-state index < -0.39 is 28.5 Å². The zero-order chi connectivity index (χ0) is 24.8. The van der Waals surface area contributed by atoms with Gasteiger partial charge in [0.15, 0.2) is 0 Å². The molecule has 0 fully saturated rings. The molecule has 0 bridgehead atoms. The molecule has 2 aromatic rings. The van der Waals surface area contributed by atoms with Crippen molar-refractivity contribution in [3.05, 3.63) is 64.1 Å². The van der Waals surface area contributed by atoms with E-state index in [9.17, 15) is 18.0 Å². The van der Waals surface area contributed by atoms with Crippen LogP contribution in [-0.2, 0) is 26.2 Å². The fourth-order valence-electron chi connectivity index (χ4n) is 3.09. The molecule has 0 aromatic heterocycles.